The molecule has 2 rings (SSSR count). The summed E-state index contributed by atoms with van der Waals surface area (Å²) in [7, 11) is 1.56. The molecule has 0 amide bonds. The van der Waals surface area contributed by atoms with E-state index in [1.54, 1.807) is 7.05 Å². The lowest BCUT2D eigenvalue weighted by atomic mass is 9.94. The molecule has 0 saturated heterocycles. The summed E-state index contributed by atoms with van der Waals surface area (Å²) in [6.07, 6.45) is 1.63. The zero-order valence-corrected chi connectivity index (χ0v) is 10.5. The molecule has 6 heteroatoms. The number of benzene rings is 1. The van der Waals surface area contributed by atoms with Crippen LogP contribution in [0.3, 0.4) is 0 Å². The standard InChI is InChI=1S/C13H15F2NO3/c1-16-13(12(17)18,8-2-3-8)7-19-9-4-5-10(14)11(15)6-9/h4-6,8,16H,2-3,7H2,1H3,(H,17,18). The molecule has 1 unspecified atom stereocenters. The zero-order valence-electron chi connectivity index (χ0n) is 10.5. The van der Waals surface area contributed by atoms with E-state index in [0.29, 0.717) is 0 Å². The first-order chi connectivity index (χ1) is 8.99. The van der Waals surface area contributed by atoms with Crippen LogP contribution in [0.25, 0.3) is 0 Å². The first-order valence-electron chi connectivity index (χ1n) is 6.00. The third-order valence-corrected chi connectivity index (χ3v) is 3.46. The minimum Gasteiger partial charge on any atom is -0.491 e. The molecule has 19 heavy (non-hydrogen) atoms. The maximum absolute atomic E-state index is 13.0. The first kappa shape index (κ1) is 13.7. The van der Waals surface area contributed by atoms with Crippen molar-refractivity contribution in [3.63, 3.8) is 0 Å². The summed E-state index contributed by atoms with van der Waals surface area (Å²) in [4.78, 5) is 11.4. The Morgan fingerprint density at radius 2 is 2.16 bits per heavy atom. The first-order valence-corrected chi connectivity index (χ1v) is 6.00. The number of carbonyl (C=O) groups is 1. The molecule has 1 saturated carbocycles. The maximum Gasteiger partial charge on any atom is 0.327 e. The third-order valence-electron chi connectivity index (χ3n) is 3.46. The van der Waals surface area contributed by atoms with Gasteiger partial charge in [0.15, 0.2) is 17.2 Å². The van der Waals surface area contributed by atoms with Gasteiger partial charge in [0, 0.05) is 6.07 Å². The van der Waals surface area contributed by atoms with Crippen molar-refractivity contribution in [2.45, 2.75) is 18.4 Å². The lowest BCUT2D eigenvalue weighted by molar-refractivity contribution is -0.147. The van der Waals surface area contributed by atoms with Crippen molar-refractivity contribution < 1.29 is 23.4 Å². The Hall–Kier alpha value is -1.69. The van der Waals surface area contributed by atoms with Crippen molar-refractivity contribution in [2.24, 2.45) is 5.92 Å². The molecule has 1 atom stereocenters. The molecule has 1 fully saturated rings. The Morgan fingerprint density at radius 1 is 1.47 bits per heavy atom. The minimum absolute atomic E-state index is 0.000273. The van der Waals surface area contributed by atoms with Crippen LogP contribution in [-0.4, -0.2) is 30.3 Å². The molecule has 0 aliphatic heterocycles. The van der Waals surface area contributed by atoms with Crippen molar-refractivity contribution >= 4 is 5.97 Å². The van der Waals surface area contributed by atoms with Crippen LogP contribution >= 0.6 is 0 Å². The number of halogens is 2. The van der Waals surface area contributed by atoms with E-state index in [-0.39, 0.29) is 18.3 Å². The molecule has 104 valence electrons. The number of ether oxygens (including phenoxy) is 1. The number of likely N-dealkylation sites (N-methyl/N-ethyl adjacent to an activating group) is 1. The summed E-state index contributed by atoms with van der Waals surface area (Å²) in [5.74, 6) is -2.87. The summed E-state index contributed by atoms with van der Waals surface area (Å²) in [5.41, 5.74) is -1.18. The Morgan fingerprint density at radius 3 is 2.63 bits per heavy atom. The number of carboxylic acid groups (broad SMARTS) is 1. The SMILES string of the molecule is CNC(COc1ccc(F)c(F)c1)(C(=O)O)C1CC1. The summed E-state index contributed by atoms with van der Waals surface area (Å²) in [5, 5.41) is 12.1. The molecule has 4 nitrogen and oxygen atoms in total. The molecular weight excluding hydrogens is 256 g/mol. The average Bonchev–Trinajstić information content (AvgIpc) is 3.19. The molecule has 1 aliphatic carbocycles. The van der Waals surface area contributed by atoms with Gasteiger partial charge in [-0.2, -0.15) is 0 Å². The molecular formula is C13H15F2NO3. The van der Waals surface area contributed by atoms with E-state index in [4.69, 9.17) is 4.74 Å². The van der Waals surface area contributed by atoms with Crippen molar-refractivity contribution in [1.29, 1.82) is 0 Å². The van der Waals surface area contributed by atoms with Crippen molar-refractivity contribution in [1.82, 2.24) is 5.32 Å². The number of aliphatic carboxylic acids is 1. The fraction of sp³-hybridized carbons (Fsp3) is 0.462. The molecule has 0 heterocycles. The van der Waals surface area contributed by atoms with Gasteiger partial charge in [-0.25, -0.2) is 8.78 Å². The van der Waals surface area contributed by atoms with Crippen LogP contribution in [0.5, 0.6) is 5.75 Å². The monoisotopic (exact) mass is 271 g/mol. The lowest BCUT2D eigenvalue weighted by Gasteiger charge is -2.28. The van der Waals surface area contributed by atoms with E-state index in [9.17, 15) is 18.7 Å². The second-order valence-corrected chi connectivity index (χ2v) is 4.67. The second kappa shape index (κ2) is 5.13. The van der Waals surface area contributed by atoms with Gasteiger partial charge in [0.05, 0.1) is 0 Å². The number of hydrogen-bond acceptors (Lipinski definition) is 3. The van der Waals surface area contributed by atoms with Gasteiger partial charge >= 0.3 is 5.97 Å². The number of nitrogens with one attached hydrogen (secondary N) is 1. The van der Waals surface area contributed by atoms with Crippen LogP contribution in [-0.2, 0) is 4.79 Å². The highest BCUT2D eigenvalue weighted by atomic mass is 19.2. The largest absolute Gasteiger partial charge is 0.491 e. The lowest BCUT2D eigenvalue weighted by Crippen LogP contribution is -2.56. The number of hydrogen-bond donors (Lipinski definition) is 2. The van der Waals surface area contributed by atoms with E-state index in [1.165, 1.54) is 6.07 Å². The van der Waals surface area contributed by atoms with E-state index < -0.39 is 23.1 Å². The smallest absolute Gasteiger partial charge is 0.327 e. The van der Waals surface area contributed by atoms with Crippen molar-refractivity contribution in [2.75, 3.05) is 13.7 Å². The van der Waals surface area contributed by atoms with Crippen LogP contribution < -0.4 is 10.1 Å². The average molecular weight is 271 g/mol. The number of rotatable bonds is 6. The quantitative estimate of drug-likeness (QED) is 0.828. The predicted molar refractivity (Wildman–Crippen MR) is 64.0 cm³/mol. The van der Waals surface area contributed by atoms with Crippen molar-refractivity contribution in [3.8, 4) is 5.75 Å². The summed E-state index contributed by atoms with van der Waals surface area (Å²) in [6.45, 7) is -0.130. The van der Waals surface area contributed by atoms with E-state index in [1.807, 2.05) is 0 Å². The van der Waals surface area contributed by atoms with Gasteiger partial charge in [-0.05, 0) is 37.9 Å². The molecule has 0 bridgehead atoms. The van der Waals surface area contributed by atoms with Gasteiger partial charge < -0.3 is 15.2 Å². The van der Waals surface area contributed by atoms with Crippen LogP contribution in [0.2, 0.25) is 0 Å². The highest BCUT2D eigenvalue weighted by molar-refractivity contribution is 5.80. The highest BCUT2D eigenvalue weighted by Gasteiger charge is 2.51. The fourth-order valence-electron chi connectivity index (χ4n) is 2.08. The van der Waals surface area contributed by atoms with E-state index >= 15 is 0 Å². The predicted octanol–water partition coefficient (Wildman–Crippen LogP) is 1.80. The van der Waals surface area contributed by atoms with Gasteiger partial charge in [0.25, 0.3) is 0 Å². The normalized spacial score (nSPS) is 17.8. The fourth-order valence-corrected chi connectivity index (χ4v) is 2.08. The van der Waals surface area contributed by atoms with Gasteiger partial charge in [-0.15, -0.1) is 0 Å². The topological polar surface area (TPSA) is 58.6 Å². The molecule has 1 aromatic carbocycles. The van der Waals surface area contributed by atoms with Gasteiger partial charge in [0.1, 0.15) is 12.4 Å². The van der Waals surface area contributed by atoms with E-state index in [0.717, 1.165) is 25.0 Å². The van der Waals surface area contributed by atoms with Gasteiger partial charge in [0.2, 0.25) is 0 Å². The van der Waals surface area contributed by atoms with Crippen LogP contribution in [0.4, 0.5) is 8.78 Å². The molecule has 2 N–H and O–H groups in total. The Balaban J connectivity index is 2.10. The van der Waals surface area contributed by atoms with Gasteiger partial charge in [-0.3, -0.25) is 4.79 Å². The summed E-state index contributed by atoms with van der Waals surface area (Å²) < 4.78 is 31.1. The Bertz CT molecular complexity index is 491. The van der Waals surface area contributed by atoms with Crippen molar-refractivity contribution in [3.05, 3.63) is 29.8 Å². The van der Waals surface area contributed by atoms with Crippen LogP contribution in [0.15, 0.2) is 18.2 Å². The van der Waals surface area contributed by atoms with E-state index in [2.05, 4.69) is 5.32 Å². The maximum atomic E-state index is 13.0. The zero-order chi connectivity index (χ0) is 14.0. The molecule has 1 aromatic rings. The molecule has 1 aliphatic rings. The third kappa shape index (κ3) is 2.68. The minimum atomic E-state index is -1.18. The van der Waals surface area contributed by atoms with Gasteiger partial charge in [-0.1, -0.05) is 0 Å². The summed E-state index contributed by atoms with van der Waals surface area (Å²) >= 11 is 0. The molecule has 0 aromatic heterocycles. The second-order valence-electron chi connectivity index (χ2n) is 4.67. The highest BCUT2D eigenvalue weighted by Crippen LogP contribution is 2.40. The molecule has 0 radical (unpaired) electrons. The molecule has 0 spiro atoms. The Labute approximate surface area is 109 Å². The van der Waals surface area contributed by atoms with Crippen LogP contribution in [0, 0.1) is 17.6 Å². The Kier molecular flexibility index (Phi) is 3.71. The number of carboxylic acids is 1. The summed E-state index contributed by atoms with van der Waals surface area (Å²) in [6, 6.07) is 3.13. The van der Waals surface area contributed by atoms with Crippen LogP contribution in [0.1, 0.15) is 12.8 Å².